The summed E-state index contributed by atoms with van der Waals surface area (Å²) in [5.41, 5.74) is 2.44. The lowest BCUT2D eigenvalue weighted by atomic mass is 9.92. The minimum absolute atomic E-state index is 0.0655. The Bertz CT molecular complexity index is 740. The van der Waals surface area contributed by atoms with Gasteiger partial charge in [0.1, 0.15) is 6.61 Å². The van der Waals surface area contributed by atoms with Gasteiger partial charge in [0.2, 0.25) is 15.9 Å². The second kappa shape index (κ2) is 8.50. The molecular formula is C19H28N2O4S. The summed E-state index contributed by atoms with van der Waals surface area (Å²) >= 11 is 0. The van der Waals surface area contributed by atoms with Crippen molar-refractivity contribution in [2.75, 3.05) is 39.4 Å². The molecule has 0 saturated carbocycles. The fourth-order valence-electron chi connectivity index (χ4n) is 3.59. The number of benzene rings is 1. The van der Waals surface area contributed by atoms with Gasteiger partial charge in [0.05, 0.1) is 4.90 Å². The topological polar surface area (TPSA) is 66.9 Å². The van der Waals surface area contributed by atoms with E-state index in [1.165, 1.54) is 21.9 Å². The quantitative estimate of drug-likeness (QED) is 0.706. The molecule has 1 saturated heterocycles. The van der Waals surface area contributed by atoms with Crippen molar-refractivity contribution in [3.8, 4) is 0 Å². The molecule has 0 unspecified atom stereocenters. The minimum Gasteiger partial charge on any atom is -0.372 e. The molecule has 0 aromatic heterocycles. The van der Waals surface area contributed by atoms with Crippen molar-refractivity contribution in [2.24, 2.45) is 0 Å². The number of sulfonamides is 1. The number of hydrogen-bond donors (Lipinski definition) is 0. The van der Waals surface area contributed by atoms with E-state index in [9.17, 15) is 13.2 Å². The number of aryl methyl sites for hydroxylation is 2. The van der Waals surface area contributed by atoms with E-state index in [0.29, 0.717) is 37.7 Å². The largest absolute Gasteiger partial charge is 0.372 e. The number of carbonyl (C=O) groups excluding carboxylic acids is 1. The van der Waals surface area contributed by atoms with Gasteiger partial charge in [-0.3, -0.25) is 4.79 Å². The lowest BCUT2D eigenvalue weighted by molar-refractivity contribution is -0.137. The summed E-state index contributed by atoms with van der Waals surface area (Å²) in [5, 5.41) is 0. The SMILES string of the molecule is CCCOCC(=O)N1CCN(S(=O)(=O)c2ccc3c(c2)CCCC3)CC1. The van der Waals surface area contributed by atoms with Crippen LogP contribution in [-0.2, 0) is 32.4 Å². The highest BCUT2D eigenvalue weighted by Crippen LogP contribution is 2.26. The van der Waals surface area contributed by atoms with Crippen LogP contribution in [0.1, 0.15) is 37.3 Å². The second-order valence-corrected chi connectivity index (χ2v) is 8.91. The second-order valence-electron chi connectivity index (χ2n) is 6.98. The standard InChI is InChI=1S/C19H28N2O4S/c1-2-13-25-15-19(22)20-9-11-21(12-10-20)26(23,24)18-8-7-16-5-3-4-6-17(16)14-18/h7-8,14H,2-6,9-13,15H2,1H3. The zero-order valence-electron chi connectivity index (χ0n) is 15.4. The molecule has 144 valence electrons. The van der Waals surface area contributed by atoms with Crippen molar-refractivity contribution < 1.29 is 17.9 Å². The van der Waals surface area contributed by atoms with Crippen LogP contribution in [0.25, 0.3) is 0 Å². The van der Waals surface area contributed by atoms with Crippen LogP contribution in [0.3, 0.4) is 0 Å². The van der Waals surface area contributed by atoms with Crippen LogP contribution in [0.4, 0.5) is 0 Å². The Labute approximate surface area is 156 Å². The summed E-state index contributed by atoms with van der Waals surface area (Å²) < 4.78 is 32.7. The molecule has 1 aliphatic carbocycles. The molecule has 1 aliphatic heterocycles. The molecule has 1 aromatic rings. The van der Waals surface area contributed by atoms with E-state index in [1.807, 2.05) is 19.1 Å². The molecule has 1 heterocycles. The van der Waals surface area contributed by atoms with Crippen LogP contribution >= 0.6 is 0 Å². The molecule has 0 radical (unpaired) electrons. The van der Waals surface area contributed by atoms with Gasteiger partial charge in [-0.15, -0.1) is 0 Å². The average Bonchev–Trinajstić information content (AvgIpc) is 2.67. The zero-order chi connectivity index (χ0) is 18.6. The summed E-state index contributed by atoms with van der Waals surface area (Å²) in [6.07, 6.45) is 5.17. The maximum Gasteiger partial charge on any atom is 0.248 e. The maximum absolute atomic E-state index is 13.0. The van der Waals surface area contributed by atoms with Crippen LogP contribution in [0.2, 0.25) is 0 Å². The molecular weight excluding hydrogens is 352 g/mol. The van der Waals surface area contributed by atoms with Gasteiger partial charge in [-0.05, 0) is 55.4 Å². The van der Waals surface area contributed by atoms with E-state index in [2.05, 4.69) is 0 Å². The Morgan fingerprint density at radius 2 is 1.77 bits per heavy atom. The smallest absolute Gasteiger partial charge is 0.248 e. The van der Waals surface area contributed by atoms with Crippen LogP contribution < -0.4 is 0 Å². The molecule has 0 atom stereocenters. The summed E-state index contributed by atoms with van der Waals surface area (Å²) in [5.74, 6) is -0.0655. The van der Waals surface area contributed by atoms with E-state index in [0.717, 1.165) is 25.7 Å². The number of carbonyl (C=O) groups is 1. The van der Waals surface area contributed by atoms with Crippen LogP contribution in [0, 0.1) is 0 Å². The maximum atomic E-state index is 13.0. The Kier molecular flexibility index (Phi) is 6.32. The number of fused-ring (bicyclic) bond motifs is 1. The van der Waals surface area contributed by atoms with Crippen molar-refractivity contribution >= 4 is 15.9 Å². The number of nitrogens with zero attached hydrogens (tertiary/aromatic N) is 2. The monoisotopic (exact) mass is 380 g/mol. The summed E-state index contributed by atoms with van der Waals surface area (Å²) in [4.78, 5) is 14.2. The molecule has 2 aliphatic rings. The van der Waals surface area contributed by atoms with Crippen LogP contribution in [0.5, 0.6) is 0 Å². The molecule has 26 heavy (non-hydrogen) atoms. The normalized spacial score (nSPS) is 18.6. The number of amides is 1. The van der Waals surface area contributed by atoms with Crippen molar-refractivity contribution in [3.05, 3.63) is 29.3 Å². The first-order chi connectivity index (χ1) is 12.5. The predicted octanol–water partition coefficient (Wildman–Crippen LogP) is 1.82. The summed E-state index contributed by atoms with van der Waals surface area (Å²) in [6, 6.07) is 5.54. The zero-order valence-corrected chi connectivity index (χ0v) is 16.3. The van der Waals surface area contributed by atoms with E-state index in [1.54, 1.807) is 11.0 Å². The van der Waals surface area contributed by atoms with E-state index >= 15 is 0 Å². The highest BCUT2D eigenvalue weighted by atomic mass is 32.2. The van der Waals surface area contributed by atoms with Gasteiger partial charge < -0.3 is 9.64 Å². The van der Waals surface area contributed by atoms with E-state index in [4.69, 9.17) is 4.74 Å². The Morgan fingerprint density at radius 3 is 2.46 bits per heavy atom. The highest BCUT2D eigenvalue weighted by molar-refractivity contribution is 7.89. The van der Waals surface area contributed by atoms with Gasteiger partial charge >= 0.3 is 0 Å². The Morgan fingerprint density at radius 1 is 1.08 bits per heavy atom. The first-order valence-corrected chi connectivity index (χ1v) is 10.9. The Balaban J connectivity index is 1.62. The number of hydrogen-bond acceptors (Lipinski definition) is 4. The van der Waals surface area contributed by atoms with E-state index < -0.39 is 10.0 Å². The fraction of sp³-hybridized carbons (Fsp3) is 0.632. The van der Waals surface area contributed by atoms with E-state index in [-0.39, 0.29) is 12.5 Å². The van der Waals surface area contributed by atoms with Crippen molar-refractivity contribution in [1.82, 2.24) is 9.21 Å². The van der Waals surface area contributed by atoms with Gasteiger partial charge in [0.25, 0.3) is 0 Å². The van der Waals surface area contributed by atoms with Crippen molar-refractivity contribution in [1.29, 1.82) is 0 Å². The first-order valence-electron chi connectivity index (χ1n) is 9.50. The molecule has 6 nitrogen and oxygen atoms in total. The van der Waals surface area contributed by atoms with Crippen molar-refractivity contribution in [3.63, 3.8) is 0 Å². The van der Waals surface area contributed by atoms with Gasteiger partial charge in [0.15, 0.2) is 0 Å². The average molecular weight is 381 g/mol. The number of piperazine rings is 1. The van der Waals surface area contributed by atoms with Gasteiger partial charge in [-0.25, -0.2) is 8.42 Å². The molecule has 1 fully saturated rings. The number of ether oxygens (including phenoxy) is 1. The van der Waals surface area contributed by atoms with Gasteiger partial charge in [0, 0.05) is 32.8 Å². The summed E-state index contributed by atoms with van der Waals surface area (Å²) in [6.45, 7) is 4.13. The third-order valence-corrected chi connectivity index (χ3v) is 7.02. The third kappa shape index (κ3) is 4.27. The molecule has 1 aromatic carbocycles. The molecule has 3 rings (SSSR count). The van der Waals surface area contributed by atoms with Crippen molar-refractivity contribution in [2.45, 2.75) is 43.9 Å². The minimum atomic E-state index is -3.50. The molecule has 0 spiro atoms. The molecule has 1 amide bonds. The van der Waals surface area contributed by atoms with Gasteiger partial charge in [-0.1, -0.05) is 13.0 Å². The fourth-order valence-corrected chi connectivity index (χ4v) is 5.07. The third-order valence-electron chi connectivity index (χ3n) is 5.12. The van der Waals surface area contributed by atoms with Crippen LogP contribution in [-0.4, -0.2) is 62.9 Å². The lowest BCUT2D eigenvalue weighted by Gasteiger charge is -2.34. The van der Waals surface area contributed by atoms with Gasteiger partial charge in [-0.2, -0.15) is 4.31 Å². The molecule has 7 heteroatoms. The number of rotatable bonds is 6. The molecule has 0 bridgehead atoms. The summed E-state index contributed by atoms with van der Waals surface area (Å²) in [7, 11) is -3.50. The predicted molar refractivity (Wildman–Crippen MR) is 99.5 cm³/mol. The highest BCUT2D eigenvalue weighted by Gasteiger charge is 2.30. The first kappa shape index (κ1) is 19.3. The van der Waals surface area contributed by atoms with Crippen LogP contribution in [0.15, 0.2) is 23.1 Å². The lowest BCUT2D eigenvalue weighted by Crippen LogP contribution is -2.51. The Hall–Kier alpha value is -1.44. The molecule has 0 N–H and O–H groups in total.